The summed E-state index contributed by atoms with van der Waals surface area (Å²) in [5.74, 6) is -1.23. The van der Waals surface area contributed by atoms with Crippen molar-refractivity contribution < 1.29 is 24.5 Å². The molecule has 3 rings (SSSR count). The van der Waals surface area contributed by atoms with Crippen molar-refractivity contribution in [1.82, 2.24) is 0 Å². The first-order valence-corrected chi connectivity index (χ1v) is 10.7. The van der Waals surface area contributed by atoms with Crippen LogP contribution in [0.1, 0.15) is 45.1 Å². The van der Waals surface area contributed by atoms with Crippen LogP contribution in [0, 0.1) is 5.92 Å². The second-order valence-corrected chi connectivity index (χ2v) is 8.91. The van der Waals surface area contributed by atoms with Gasteiger partial charge in [-0.25, -0.2) is 4.79 Å². The van der Waals surface area contributed by atoms with E-state index in [0.29, 0.717) is 30.1 Å². The van der Waals surface area contributed by atoms with Crippen molar-refractivity contribution in [2.45, 2.75) is 50.4 Å². The van der Waals surface area contributed by atoms with Gasteiger partial charge in [-0.2, -0.15) is 0 Å². The zero-order chi connectivity index (χ0) is 21.0. The number of aliphatic hydroxyl groups is 1. The normalized spacial score (nSPS) is 24.4. The Labute approximate surface area is 175 Å². The van der Waals surface area contributed by atoms with Gasteiger partial charge in [0, 0.05) is 11.0 Å². The van der Waals surface area contributed by atoms with Crippen LogP contribution in [0.4, 0.5) is 0 Å². The maximum atomic E-state index is 13.0. The molecule has 0 aromatic heterocycles. The summed E-state index contributed by atoms with van der Waals surface area (Å²) >= 11 is 1.03. The van der Waals surface area contributed by atoms with E-state index < -0.39 is 22.8 Å². The molecule has 0 saturated carbocycles. The average molecular weight is 415 g/mol. The van der Waals surface area contributed by atoms with Crippen LogP contribution in [0.3, 0.4) is 0 Å². The molecule has 29 heavy (non-hydrogen) atoms. The number of aliphatic carboxylic acids is 1. The maximum Gasteiger partial charge on any atom is 0.332 e. The second-order valence-electron chi connectivity index (χ2n) is 7.77. The van der Waals surface area contributed by atoms with Gasteiger partial charge in [0.15, 0.2) is 10.9 Å². The van der Waals surface area contributed by atoms with Crippen molar-refractivity contribution in [1.29, 1.82) is 0 Å². The first-order valence-electron chi connectivity index (χ1n) is 9.82. The summed E-state index contributed by atoms with van der Waals surface area (Å²) < 4.78 is 5.94. The van der Waals surface area contributed by atoms with E-state index in [1.54, 1.807) is 12.2 Å². The molecular formula is C23H26O5S. The molecule has 1 aromatic rings. The Balaban J connectivity index is 1.95. The molecule has 1 aliphatic carbocycles. The lowest BCUT2D eigenvalue weighted by molar-refractivity contribution is -0.158. The van der Waals surface area contributed by atoms with Crippen LogP contribution in [-0.4, -0.2) is 27.4 Å². The van der Waals surface area contributed by atoms with Crippen molar-refractivity contribution in [2.24, 2.45) is 5.92 Å². The van der Waals surface area contributed by atoms with Crippen molar-refractivity contribution in [3.05, 3.63) is 70.4 Å². The quantitative estimate of drug-likeness (QED) is 0.604. The van der Waals surface area contributed by atoms with E-state index in [4.69, 9.17) is 4.74 Å². The van der Waals surface area contributed by atoms with Crippen LogP contribution in [-0.2, 0) is 19.9 Å². The number of rotatable bonds is 7. The number of hydrogen-bond acceptors (Lipinski definition) is 5. The zero-order valence-electron chi connectivity index (χ0n) is 16.6. The first-order chi connectivity index (χ1) is 13.8. The highest BCUT2D eigenvalue weighted by atomic mass is 32.2. The number of carboxylic acid groups (broad SMARTS) is 1. The van der Waals surface area contributed by atoms with E-state index in [2.05, 4.69) is 13.8 Å². The van der Waals surface area contributed by atoms with Gasteiger partial charge in [-0.15, -0.1) is 11.8 Å². The number of ether oxygens (including phenoxy) is 1. The zero-order valence-corrected chi connectivity index (χ0v) is 17.4. The predicted octanol–water partition coefficient (Wildman–Crippen LogP) is 5.11. The van der Waals surface area contributed by atoms with Gasteiger partial charge in [0.2, 0.25) is 0 Å². The smallest absolute Gasteiger partial charge is 0.332 e. The van der Waals surface area contributed by atoms with Crippen LogP contribution in [0.15, 0.2) is 64.8 Å². The van der Waals surface area contributed by atoms with Crippen molar-refractivity contribution in [2.75, 3.05) is 0 Å². The summed E-state index contributed by atoms with van der Waals surface area (Å²) in [6.07, 6.45) is 7.64. The molecule has 0 radical (unpaired) electrons. The minimum Gasteiger partial charge on any atom is -0.511 e. The van der Waals surface area contributed by atoms with Gasteiger partial charge in [-0.05, 0) is 37.2 Å². The van der Waals surface area contributed by atoms with E-state index in [-0.39, 0.29) is 11.3 Å². The van der Waals surface area contributed by atoms with Gasteiger partial charge in [-0.3, -0.25) is 4.79 Å². The first kappa shape index (κ1) is 21.2. The molecule has 0 bridgehead atoms. The third kappa shape index (κ3) is 4.75. The largest absolute Gasteiger partial charge is 0.511 e. The Morgan fingerprint density at radius 1 is 1.31 bits per heavy atom. The van der Waals surface area contributed by atoms with Gasteiger partial charge < -0.3 is 14.9 Å². The lowest BCUT2D eigenvalue weighted by atomic mass is 9.84. The molecule has 6 heteroatoms. The van der Waals surface area contributed by atoms with E-state index in [1.807, 2.05) is 36.4 Å². The Bertz CT molecular complexity index is 869. The van der Waals surface area contributed by atoms with Gasteiger partial charge in [0.05, 0.1) is 5.57 Å². The number of allylic oxidation sites excluding steroid dienone is 2. The SMILES string of the molecule is CC(C)CCC1(c2ccccc2)C=C(O)C(SC2=C(C(=O)O)CCC=C2)C(=O)O1. The highest BCUT2D eigenvalue weighted by molar-refractivity contribution is 8.04. The molecule has 1 heterocycles. The third-order valence-electron chi connectivity index (χ3n) is 5.13. The van der Waals surface area contributed by atoms with Crippen molar-refractivity contribution in [3.8, 4) is 0 Å². The fourth-order valence-electron chi connectivity index (χ4n) is 3.53. The average Bonchev–Trinajstić information content (AvgIpc) is 2.70. The topological polar surface area (TPSA) is 83.8 Å². The van der Waals surface area contributed by atoms with Gasteiger partial charge in [0.1, 0.15) is 5.76 Å². The van der Waals surface area contributed by atoms with Crippen LogP contribution in [0.25, 0.3) is 0 Å². The summed E-state index contributed by atoms with van der Waals surface area (Å²) in [5.41, 5.74) is 0.0562. The van der Waals surface area contributed by atoms with Gasteiger partial charge in [0.25, 0.3) is 0 Å². The number of carbonyl (C=O) groups excluding carboxylic acids is 1. The summed E-state index contributed by atoms with van der Waals surface area (Å²) in [7, 11) is 0. The van der Waals surface area contributed by atoms with Crippen LogP contribution in [0.5, 0.6) is 0 Å². The maximum absolute atomic E-state index is 13.0. The molecule has 0 spiro atoms. The molecule has 2 unspecified atom stereocenters. The van der Waals surface area contributed by atoms with E-state index >= 15 is 0 Å². The number of thioether (sulfide) groups is 1. The molecule has 0 saturated heterocycles. The number of aliphatic hydroxyl groups excluding tert-OH is 1. The van der Waals surface area contributed by atoms with Crippen molar-refractivity contribution >= 4 is 23.7 Å². The van der Waals surface area contributed by atoms with E-state index in [9.17, 15) is 19.8 Å². The molecule has 2 atom stereocenters. The highest BCUT2D eigenvalue weighted by Crippen LogP contribution is 2.43. The molecule has 154 valence electrons. The summed E-state index contributed by atoms with van der Waals surface area (Å²) in [4.78, 5) is 24.9. The molecule has 0 fully saturated rings. The Morgan fingerprint density at radius 3 is 2.66 bits per heavy atom. The number of benzene rings is 1. The number of hydrogen-bond donors (Lipinski definition) is 2. The fourth-order valence-corrected chi connectivity index (χ4v) is 4.62. The van der Waals surface area contributed by atoms with E-state index in [1.165, 1.54) is 0 Å². The van der Waals surface area contributed by atoms with Gasteiger partial charge in [-0.1, -0.05) is 56.3 Å². The van der Waals surface area contributed by atoms with Crippen LogP contribution in [0.2, 0.25) is 0 Å². The molecular weight excluding hydrogens is 388 g/mol. The van der Waals surface area contributed by atoms with Gasteiger partial charge >= 0.3 is 11.9 Å². The van der Waals surface area contributed by atoms with Crippen LogP contribution >= 0.6 is 11.8 Å². The fraction of sp³-hybridized carbons (Fsp3) is 0.391. The highest BCUT2D eigenvalue weighted by Gasteiger charge is 2.44. The van der Waals surface area contributed by atoms with Crippen LogP contribution < -0.4 is 0 Å². The lowest BCUT2D eigenvalue weighted by Crippen LogP contribution is -2.40. The standard InChI is InChI=1S/C23H26O5S/c1-15(2)12-13-23(16-8-4-3-5-9-16)14-18(24)20(22(27)28-23)29-19-11-7-6-10-17(19)21(25)26/h3-5,7-9,11,14-15,20,24H,6,10,12-13H2,1-2H3,(H,25,26). The predicted molar refractivity (Wildman–Crippen MR) is 113 cm³/mol. The minimum atomic E-state index is -1.02. The molecule has 1 aromatic carbocycles. The molecule has 2 N–H and O–H groups in total. The molecule has 2 aliphatic rings. The monoisotopic (exact) mass is 414 g/mol. The van der Waals surface area contributed by atoms with E-state index in [0.717, 1.165) is 23.7 Å². The number of esters is 1. The third-order valence-corrected chi connectivity index (χ3v) is 6.44. The Morgan fingerprint density at radius 2 is 2.03 bits per heavy atom. The molecule has 0 amide bonds. The summed E-state index contributed by atoms with van der Waals surface area (Å²) in [6.45, 7) is 4.20. The lowest BCUT2D eigenvalue weighted by Gasteiger charge is -2.37. The minimum absolute atomic E-state index is 0.0879. The molecule has 1 aliphatic heterocycles. The summed E-state index contributed by atoms with van der Waals surface area (Å²) in [6, 6.07) is 9.42. The number of cyclic esters (lactones) is 1. The Hall–Kier alpha value is -2.47. The van der Waals surface area contributed by atoms with Crippen molar-refractivity contribution in [3.63, 3.8) is 0 Å². The summed E-state index contributed by atoms with van der Waals surface area (Å²) in [5, 5.41) is 19.3. The Kier molecular flexibility index (Phi) is 6.52. The molecule has 5 nitrogen and oxygen atoms in total. The number of carbonyl (C=O) groups is 2. The number of carboxylic acids is 1. The second kappa shape index (κ2) is 8.91.